The van der Waals surface area contributed by atoms with Crippen molar-refractivity contribution in [3.05, 3.63) is 29.8 Å². The van der Waals surface area contributed by atoms with E-state index in [1.54, 1.807) is 7.05 Å². The number of hydrogen-bond acceptors (Lipinski definition) is 3. The number of likely N-dealkylation sites (tertiary alicyclic amines) is 1. The molecule has 1 saturated heterocycles. The molecule has 0 N–H and O–H groups in total. The van der Waals surface area contributed by atoms with Crippen LogP contribution in [0.15, 0.2) is 24.3 Å². The van der Waals surface area contributed by atoms with E-state index >= 15 is 0 Å². The first-order chi connectivity index (χ1) is 15.3. The third-order valence-electron chi connectivity index (χ3n) is 7.07. The van der Waals surface area contributed by atoms with Gasteiger partial charge in [0.2, 0.25) is 0 Å². The molecule has 0 atom stereocenters. The van der Waals surface area contributed by atoms with E-state index in [-0.39, 0.29) is 5.75 Å². The lowest BCUT2D eigenvalue weighted by atomic mass is 9.78. The van der Waals surface area contributed by atoms with Crippen LogP contribution >= 0.6 is 0 Å². The first kappa shape index (κ1) is 24.9. The number of carbonyl (C=O) groups excluding carboxylic acids is 1. The Labute approximate surface area is 190 Å². The third kappa shape index (κ3) is 7.98. The first-order valence-corrected chi connectivity index (χ1v) is 12.1. The molecule has 0 bridgehead atoms. The summed E-state index contributed by atoms with van der Waals surface area (Å²) in [5.74, 6) is 1.60. The lowest BCUT2D eigenvalue weighted by Gasteiger charge is -2.31. The van der Waals surface area contributed by atoms with E-state index < -0.39 is 17.8 Å². The summed E-state index contributed by atoms with van der Waals surface area (Å²) in [6, 6.07) is 4.21. The maximum absolute atomic E-state index is 12.6. The Kier molecular flexibility index (Phi) is 9.26. The summed E-state index contributed by atoms with van der Waals surface area (Å²) in [5, 5.41) is 0. The van der Waals surface area contributed by atoms with Crippen molar-refractivity contribution in [2.24, 2.45) is 11.8 Å². The zero-order valence-electron chi connectivity index (χ0n) is 19.2. The Balaban J connectivity index is 1.29. The second-order valence-electron chi connectivity index (χ2n) is 9.53. The first-order valence-electron chi connectivity index (χ1n) is 12.1. The highest BCUT2D eigenvalue weighted by Gasteiger charge is 2.30. The van der Waals surface area contributed by atoms with Gasteiger partial charge in [0, 0.05) is 13.6 Å². The minimum absolute atomic E-state index is 0.125. The highest BCUT2D eigenvalue weighted by atomic mass is 19.4. The van der Waals surface area contributed by atoms with Crippen molar-refractivity contribution in [3.8, 4) is 5.75 Å². The van der Waals surface area contributed by atoms with Crippen LogP contribution < -0.4 is 4.74 Å². The summed E-state index contributed by atoms with van der Waals surface area (Å²) in [6.45, 7) is 4.42. The number of nitrogens with zero attached hydrogens (tertiary/aromatic N) is 2. The van der Waals surface area contributed by atoms with Crippen molar-refractivity contribution in [1.29, 1.82) is 0 Å². The lowest BCUT2D eigenvalue weighted by molar-refractivity contribution is -0.137. The number of piperidine rings is 1. The highest BCUT2D eigenvalue weighted by molar-refractivity contribution is 5.70. The van der Waals surface area contributed by atoms with Crippen LogP contribution in [-0.4, -0.2) is 49.1 Å². The van der Waals surface area contributed by atoms with Crippen LogP contribution in [-0.2, 0) is 6.18 Å². The summed E-state index contributed by atoms with van der Waals surface area (Å²) in [7, 11) is 1.68. The molecule has 4 nitrogen and oxygen atoms in total. The van der Waals surface area contributed by atoms with Gasteiger partial charge in [-0.15, -0.1) is 0 Å². The molecule has 0 spiro atoms. The average Bonchev–Trinajstić information content (AvgIpc) is 2.79. The molecule has 1 aromatic rings. The van der Waals surface area contributed by atoms with Crippen molar-refractivity contribution >= 4 is 6.09 Å². The van der Waals surface area contributed by atoms with Crippen molar-refractivity contribution in [2.45, 2.75) is 70.4 Å². The van der Waals surface area contributed by atoms with Gasteiger partial charge in [0.25, 0.3) is 0 Å². The summed E-state index contributed by atoms with van der Waals surface area (Å²) >= 11 is 0. The smallest absolute Gasteiger partial charge is 0.410 e. The van der Waals surface area contributed by atoms with Crippen molar-refractivity contribution in [3.63, 3.8) is 0 Å². The zero-order valence-corrected chi connectivity index (χ0v) is 19.2. The number of ether oxygens (including phenoxy) is 1. The Morgan fingerprint density at radius 1 is 1.00 bits per heavy atom. The van der Waals surface area contributed by atoms with Crippen LogP contribution in [0.4, 0.5) is 18.0 Å². The number of halogens is 3. The second kappa shape index (κ2) is 11.9. The van der Waals surface area contributed by atoms with Gasteiger partial charge in [-0.05, 0) is 87.8 Å². The summed E-state index contributed by atoms with van der Waals surface area (Å²) in [5.41, 5.74) is -0.757. The molecule has 2 fully saturated rings. The molecule has 7 heteroatoms. The van der Waals surface area contributed by atoms with Crippen LogP contribution in [0.5, 0.6) is 5.75 Å². The normalized spacial score (nSPS) is 22.5. The van der Waals surface area contributed by atoms with E-state index in [4.69, 9.17) is 4.74 Å². The molecule has 1 saturated carbocycles. The molecule has 1 heterocycles. The van der Waals surface area contributed by atoms with E-state index in [2.05, 4.69) is 4.90 Å². The Bertz CT molecular complexity index is 694. The molecule has 3 rings (SSSR count). The van der Waals surface area contributed by atoms with Gasteiger partial charge in [-0.1, -0.05) is 32.1 Å². The maximum atomic E-state index is 12.6. The molecule has 2 aliphatic rings. The number of alkyl halides is 3. The molecule has 0 radical (unpaired) electrons. The van der Waals surface area contributed by atoms with Crippen molar-refractivity contribution in [2.75, 3.05) is 33.2 Å². The van der Waals surface area contributed by atoms with Crippen LogP contribution in [0.25, 0.3) is 0 Å². The quantitative estimate of drug-likeness (QED) is 0.444. The Morgan fingerprint density at radius 2 is 1.59 bits per heavy atom. The number of hydrogen-bond donors (Lipinski definition) is 0. The highest BCUT2D eigenvalue weighted by Crippen LogP contribution is 2.34. The zero-order chi connectivity index (χ0) is 23.0. The van der Waals surface area contributed by atoms with Gasteiger partial charge in [-0.25, -0.2) is 4.79 Å². The number of amides is 1. The molecule has 1 aliphatic heterocycles. The van der Waals surface area contributed by atoms with E-state index in [9.17, 15) is 18.0 Å². The fourth-order valence-electron chi connectivity index (χ4n) is 4.95. The van der Waals surface area contributed by atoms with E-state index in [0.717, 1.165) is 24.5 Å². The number of carbonyl (C=O) groups is 1. The molecule has 180 valence electrons. The SMILES string of the molecule is CN(CCC1CCC(CCCN2CCCCC2)CC1)C(=O)Oc1ccc(C(F)(F)F)cc1. The molecular weight excluding hydrogens is 417 g/mol. The summed E-state index contributed by atoms with van der Waals surface area (Å²) in [6.07, 6.45) is 7.77. The van der Waals surface area contributed by atoms with Crippen LogP contribution in [0.3, 0.4) is 0 Å². The topological polar surface area (TPSA) is 32.8 Å². The molecule has 1 aromatic carbocycles. The Hall–Kier alpha value is -1.76. The predicted octanol–water partition coefficient (Wildman–Crippen LogP) is 6.60. The van der Waals surface area contributed by atoms with E-state index in [1.807, 2.05) is 0 Å². The molecule has 32 heavy (non-hydrogen) atoms. The maximum Gasteiger partial charge on any atom is 0.416 e. The largest absolute Gasteiger partial charge is 0.416 e. The van der Waals surface area contributed by atoms with Gasteiger partial charge in [0.15, 0.2) is 0 Å². The van der Waals surface area contributed by atoms with E-state index in [1.165, 1.54) is 94.5 Å². The van der Waals surface area contributed by atoms with Gasteiger partial charge in [-0.2, -0.15) is 13.2 Å². The average molecular weight is 455 g/mol. The summed E-state index contributed by atoms with van der Waals surface area (Å²) in [4.78, 5) is 16.4. The number of rotatable bonds is 8. The van der Waals surface area contributed by atoms with Crippen LogP contribution in [0.1, 0.15) is 69.8 Å². The fraction of sp³-hybridized carbons (Fsp3) is 0.720. The van der Waals surface area contributed by atoms with Gasteiger partial charge < -0.3 is 14.5 Å². The van der Waals surface area contributed by atoms with Crippen LogP contribution in [0.2, 0.25) is 0 Å². The minimum Gasteiger partial charge on any atom is -0.410 e. The van der Waals surface area contributed by atoms with Crippen molar-refractivity contribution < 1.29 is 22.7 Å². The van der Waals surface area contributed by atoms with Gasteiger partial charge in [0.1, 0.15) is 5.75 Å². The lowest BCUT2D eigenvalue weighted by Crippen LogP contribution is -2.32. The van der Waals surface area contributed by atoms with E-state index in [0.29, 0.717) is 12.5 Å². The molecule has 1 amide bonds. The van der Waals surface area contributed by atoms with Gasteiger partial charge in [0.05, 0.1) is 5.56 Å². The molecule has 0 unspecified atom stereocenters. The number of benzene rings is 1. The van der Waals surface area contributed by atoms with Crippen molar-refractivity contribution in [1.82, 2.24) is 9.80 Å². The minimum atomic E-state index is -4.40. The Morgan fingerprint density at radius 3 is 2.19 bits per heavy atom. The molecule has 1 aliphatic carbocycles. The van der Waals surface area contributed by atoms with Crippen LogP contribution in [0, 0.1) is 11.8 Å². The molecular formula is C25H37F3N2O2. The van der Waals surface area contributed by atoms with Gasteiger partial charge in [-0.3, -0.25) is 0 Å². The fourth-order valence-corrected chi connectivity index (χ4v) is 4.95. The predicted molar refractivity (Wildman–Crippen MR) is 120 cm³/mol. The molecule has 0 aromatic heterocycles. The monoisotopic (exact) mass is 454 g/mol. The summed E-state index contributed by atoms with van der Waals surface area (Å²) < 4.78 is 43.1. The standard InChI is InChI=1S/C25H37F3N2O2/c1-29(24(31)32-23-13-11-22(12-14-23)25(26,27)28)19-15-21-9-7-20(8-10-21)6-5-18-30-16-3-2-4-17-30/h11-14,20-21H,2-10,15-19H2,1H3. The van der Waals surface area contributed by atoms with Gasteiger partial charge >= 0.3 is 12.3 Å². The third-order valence-corrected chi connectivity index (χ3v) is 7.07. The second-order valence-corrected chi connectivity index (χ2v) is 9.53.